The predicted octanol–water partition coefficient (Wildman–Crippen LogP) is 2.58. The van der Waals surface area contributed by atoms with E-state index in [1.54, 1.807) is 32.1 Å². The number of amides is 2. The molecule has 2 bridgehead atoms. The quantitative estimate of drug-likeness (QED) is 0.334. The minimum Gasteiger partial charge on any atom is -0.359 e. The number of nitro groups is 1. The van der Waals surface area contributed by atoms with Crippen LogP contribution in [0.25, 0.3) is 0 Å². The number of nitro benzene ring substituents is 1. The number of halogens is 1. The van der Waals surface area contributed by atoms with Gasteiger partial charge in [-0.05, 0) is 26.0 Å². The van der Waals surface area contributed by atoms with Crippen molar-refractivity contribution in [3.8, 4) is 0 Å². The van der Waals surface area contributed by atoms with E-state index in [9.17, 15) is 19.7 Å². The summed E-state index contributed by atoms with van der Waals surface area (Å²) in [6.07, 6.45) is 3.61. The molecule has 2 saturated heterocycles. The highest BCUT2D eigenvalue weighted by Crippen LogP contribution is 2.57. The minimum absolute atomic E-state index is 0.000741. The number of hydrogen-bond donors (Lipinski definition) is 0. The van der Waals surface area contributed by atoms with E-state index in [0.717, 1.165) is 4.90 Å². The van der Waals surface area contributed by atoms with Gasteiger partial charge in [0.15, 0.2) is 0 Å². The fraction of sp³-hybridized carbons (Fsp3) is 0.375. The standard InChI is InChI=1S/C16H13BrN2O5/c1-15-5-6-16(2,24-15)12-11(15)13(20)18(14(12)21)9-4-3-8(17)7-10(9)19(22)23/h3-7,11-12H,1-2H3/t11-,12+,15-,16+. The molecule has 8 heteroatoms. The van der Waals surface area contributed by atoms with Crippen molar-refractivity contribution in [2.75, 3.05) is 4.90 Å². The molecule has 1 aromatic carbocycles. The monoisotopic (exact) mass is 392 g/mol. The van der Waals surface area contributed by atoms with Crippen molar-refractivity contribution in [3.05, 3.63) is 44.9 Å². The Morgan fingerprint density at radius 3 is 2.21 bits per heavy atom. The topological polar surface area (TPSA) is 89.8 Å². The van der Waals surface area contributed by atoms with Gasteiger partial charge < -0.3 is 4.74 Å². The summed E-state index contributed by atoms with van der Waals surface area (Å²) in [6.45, 7) is 3.54. The molecular formula is C16H13BrN2O5. The van der Waals surface area contributed by atoms with Crippen LogP contribution < -0.4 is 4.90 Å². The molecule has 0 N–H and O–H groups in total. The summed E-state index contributed by atoms with van der Waals surface area (Å²) in [7, 11) is 0. The zero-order valence-electron chi connectivity index (χ0n) is 12.9. The third-order valence-corrected chi connectivity index (χ3v) is 5.59. The molecule has 124 valence electrons. The number of hydrogen-bond acceptors (Lipinski definition) is 5. The molecule has 24 heavy (non-hydrogen) atoms. The number of ether oxygens (including phenoxy) is 1. The van der Waals surface area contributed by atoms with E-state index in [1.807, 2.05) is 0 Å². The van der Waals surface area contributed by atoms with Crippen LogP contribution in [0.1, 0.15) is 13.8 Å². The number of imide groups is 1. The summed E-state index contributed by atoms with van der Waals surface area (Å²) in [4.78, 5) is 37.6. The molecule has 0 aromatic heterocycles. The van der Waals surface area contributed by atoms with E-state index < -0.39 is 39.8 Å². The third-order valence-electron chi connectivity index (χ3n) is 5.10. The van der Waals surface area contributed by atoms with Crippen LogP contribution in [0.5, 0.6) is 0 Å². The lowest BCUT2D eigenvalue weighted by Crippen LogP contribution is -2.39. The second kappa shape index (κ2) is 4.52. The molecular weight excluding hydrogens is 380 g/mol. The largest absolute Gasteiger partial charge is 0.359 e. The summed E-state index contributed by atoms with van der Waals surface area (Å²) in [6, 6.07) is 4.28. The van der Waals surface area contributed by atoms with Gasteiger partial charge in [0, 0.05) is 10.5 Å². The van der Waals surface area contributed by atoms with E-state index in [-0.39, 0.29) is 11.4 Å². The number of benzene rings is 1. The van der Waals surface area contributed by atoms with Crippen LogP contribution in [0, 0.1) is 22.0 Å². The van der Waals surface area contributed by atoms with E-state index in [1.165, 1.54) is 12.1 Å². The van der Waals surface area contributed by atoms with Gasteiger partial charge >= 0.3 is 0 Å². The van der Waals surface area contributed by atoms with Gasteiger partial charge in [-0.3, -0.25) is 19.7 Å². The van der Waals surface area contributed by atoms with Crippen LogP contribution in [0.3, 0.4) is 0 Å². The maximum absolute atomic E-state index is 13.0. The molecule has 1 aromatic rings. The van der Waals surface area contributed by atoms with Crippen LogP contribution in [-0.4, -0.2) is 27.9 Å². The number of nitrogens with zero attached hydrogens (tertiary/aromatic N) is 2. The summed E-state index contributed by atoms with van der Waals surface area (Å²) in [5.41, 5.74) is -2.00. The Bertz CT molecular complexity index is 817. The van der Waals surface area contributed by atoms with Gasteiger partial charge in [0.05, 0.1) is 28.0 Å². The van der Waals surface area contributed by atoms with Gasteiger partial charge in [0.2, 0.25) is 11.8 Å². The number of fused-ring (bicyclic) bond motifs is 5. The lowest BCUT2D eigenvalue weighted by molar-refractivity contribution is -0.384. The second-order valence-electron chi connectivity index (χ2n) is 6.66. The van der Waals surface area contributed by atoms with E-state index in [4.69, 9.17) is 4.74 Å². The van der Waals surface area contributed by atoms with Crippen molar-refractivity contribution >= 4 is 39.1 Å². The molecule has 4 atom stereocenters. The van der Waals surface area contributed by atoms with Crippen LogP contribution in [0.4, 0.5) is 11.4 Å². The Hall–Kier alpha value is -2.06. The van der Waals surface area contributed by atoms with Gasteiger partial charge in [0.25, 0.3) is 5.69 Å². The number of rotatable bonds is 2. The van der Waals surface area contributed by atoms with Gasteiger partial charge in [-0.25, -0.2) is 4.90 Å². The maximum atomic E-state index is 13.0. The number of carbonyl (C=O) groups excluding carboxylic acids is 2. The molecule has 3 aliphatic heterocycles. The third kappa shape index (κ3) is 1.75. The Morgan fingerprint density at radius 1 is 1.17 bits per heavy atom. The van der Waals surface area contributed by atoms with E-state index >= 15 is 0 Å². The van der Waals surface area contributed by atoms with Crippen molar-refractivity contribution in [3.63, 3.8) is 0 Å². The summed E-state index contributed by atoms with van der Waals surface area (Å²) in [5, 5.41) is 11.4. The molecule has 0 aliphatic carbocycles. The highest BCUT2D eigenvalue weighted by atomic mass is 79.9. The first-order chi connectivity index (χ1) is 11.2. The van der Waals surface area contributed by atoms with Crippen molar-refractivity contribution < 1.29 is 19.2 Å². The molecule has 0 unspecified atom stereocenters. The SMILES string of the molecule is C[C@]12C=C[C@](C)(O1)[C@@H]1C(=O)N(c3ccc(Br)cc3[N+](=O)[O-])C(=O)[C@@H]12. The first kappa shape index (κ1) is 15.5. The Balaban J connectivity index is 1.85. The highest BCUT2D eigenvalue weighted by molar-refractivity contribution is 9.10. The van der Waals surface area contributed by atoms with Crippen molar-refractivity contribution in [2.45, 2.75) is 25.0 Å². The molecule has 7 nitrogen and oxygen atoms in total. The molecule has 0 radical (unpaired) electrons. The van der Waals surface area contributed by atoms with E-state index in [2.05, 4.69) is 15.9 Å². The average molecular weight is 393 g/mol. The van der Waals surface area contributed by atoms with E-state index in [0.29, 0.717) is 4.47 Å². The summed E-state index contributed by atoms with van der Waals surface area (Å²) < 4.78 is 6.42. The predicted molar refractivity (Wildman–Crippen MR) is 87.3 cm³/mol. The number of anilines is 1. The Kier molecular flexibility index (Phi) is 2.91. The van der Waals surface area contributed by atoms with Crippen molar-refractivity contribution in [1.29, 1.82) is 0 Å². The van der Waals surface area contributed by atoms with Crippen LogP contribution in [-0.2, 0) is 14.3 Å². The van der Waals surface area contributed by atoms with Gasteiger partial charge in [0.1, 0.15) is 5.69 Å². The second-order valence-corrected chi connectivity index (χ2v) is 7.58. The number of carbonyl (C=O) groups is 2. The molecule has 2 amide bonds. The smallest absolute Gasteiger partial charge is 0.294 e. The molecule has 0 spiro atoms. The maximum Gasteiger partial charge on any atom is 0.294 e. The zero-order chi connectivity index (χ0) is 17.4. The Morgan fingerprint density at radius 2 is 1.71 bits per heavy atom. The van der Waals surface area contributed by atoms with Crippen molar-refractivity contribution in [1.82, 2.24) is 0 Å². The minimum atomic E-state index is -0.856. The van der Waals surface area contributed by atoms with Crippen LogP contribution in [0.2, 0.25) is 0 Å². The fourth-order valence-electron chi connectivity index (χ4n) is 4.10. The fourth-order valence-corrected chi connectivity index (χ4v) is 4.45. The zero-order valence-corrected chi connectivity index (χ0v) is 14.4. The first-order valence-corrected chi connectivity index (χ1v) is 8.19. The molecule has 3 aliphatic rings. The normalized spacial score (nSPS) is 36.5. The lowest BCUT2D eigenvalue weighted by Gasteiger charge is -2.25. The summed E-state index contributed by atoms with van der Waals surface area (Å²) >= 11 is 3.18. The highest BCUT2D eigenvalue weighted by Gasteiger charge is 2.70. The summed E-state index contributed by atoms with van der Waals surface area (Å²) in [5.74, 6) is -2.23. The molecule has 3 heterocycles. The average Bonchev–Trinajstić information content (AvgIpc) is 3.04. The van der Waals surface area contributed by atoms with Gasteiger partial charge in [-0.1, -0.05) is 28.1 Å². The van der Waals surface area contributed by atoms with Crippen molar-refractivity contribution in [2.24, 2.45) is 11.8 Å². The van der Waals surface area contributed by atoms with Gasteiger partial charge in [-0.2, -0.15) is 0 Å². The first-order valence-electron chi connectivity index (χ1n) is 7.40. The Labute approximate surface area is 145 Å². The molecule has 0 saturated carbocycles. The van der Waals surface area contributed by atoms with Crippen LogP contribution in [0.15, 0.2) is 34.8 Å². The van der Waals surface area contributed by atoms with Gasteiger partial charge in [-0.15, -0.1) is 0 Å². The molecule has 4 rings (SSSR count). The lowest BCUT2D eigenvalue weighted by atomic mass is 9.73. The molecule has 2 fully saturated rings. The van der Waals surface area contributed by atoms with Crippen LogP contribution >= 0.6 is 15.9 Å².